The zero-order chi connectivity index (χ0) is 86.2. The number of H-pyrrole nitrogens is 6. The summed E-state index contributed by atoms with van der Waals surface area (Å²) < 4.78 is 83.9. The molecular weight excluding hydrogens is 1630 g/mol. The van der Waals surface area contributed by atoms with Gasteiger partial charge in [-0.25, -0.2) is 0 Å². The molecule has 5 aromatic rings. The quantitative estimate of drug-likeness (QED) is 0.0190. The van der Waals surface area contributed by atoms with Crippen molar-refractivity contribution in [1.82, 2.24) is 48.2 Å². The molecule has 46 heteroatoms. The fraction of sp³-hybridized carbons (Fsp3) is 0.667. The summed E-state index contributed by atoms with van der Waals surface area (Å²) in [6.45, 7) is 21.6. The number of fused-ring (bicyclic) bond motifs is 2. The number of esters is 3. The van der Waals surface area contributed by atoms with E-state index in [1.54, 1.807) is 49.6 Å². The van der Waals surface area contributed by atoms with Crippen LogP contribution in [0, 0.1) is 35.7 Å². The Balaban J connectivity index is 0.000000352. The Labute approximate surface area is 708 Å². The van der Waals surface area contributed by atoms with E-state index in [-0.39, 0.29) is 132 Å². The van der Waals surface area contributed by atoms with Gasteiger partial charge in [0.25, 0.3) is 27.8 Å². The molecule has 115 heavy (non-hydrogen) atoms. The van der Waals surface area contributed by atoms with Gasteiger partial charge in [0.15, 0.2) is 78.3 Å². The summed E-state index contributed by atoms with van der Waals surface area (Å²) >= 11 is 24.9. The van der Waals surface area contributed by atoms with Gasteiger partial charge in [0.1, 0.15) is 54.9 Å². The summed E-state index contributed by atoms with van der Waals surface area (Å²) in [5.74, 6) is -3.06. The summed E-state index contributed by atoms with van der Waals surface area (Å²) in [5, 5.41) is 64.7. The predicted molar refractivity (Wildman–Crippen MR) is 413 cm³/mol. The maximum atomic E-state index is 11.7. The zero-order valence-corrected chi connectivity index (χ0v) is 73.0. The average Bonchev–Trinajstić information content (AvgIpc) is 1.61. The van der Waals surface area contributed by atoms with Crippen LogP contribution >= 0.6 is 61.1 Å². The Morgan fingerprint density at radius 2 is 0.887 bits per heavy atom. The Morgan fingerprint density at radius 3 is 1.25 bits per heavy atom. The van der Waals surface area contributed by atoms with Crippen LogP contribution in [0.4, 0.5) is 0 Å². The largest absolute Gasteiger partial charge is 1.00 e. The van der Waals surface area contributed by atoms with Crippen LogP contribution in [0.3, 0.4) is 0 Å². The van der Waals surface area contributed by atoms with E-state index < -0.39 is 134 Å². The molecule has 0 radical (unpaired) electrons. The molecule has 5 unspecified atom stereocenters. The second-order valence-corrected chi connectivity index (χ2v) is 28.8. The molecule has 642 valence electrons. The van der Waals surface area contributed by atoms with E-state index in [2.05, 4.69) is 47.9 Å². The topological polar surface area (TPSA) is 551 Å². The number of methoxy groups -OCH3 is 2. The number of carbonyl (C=O) groups excluding carboxylic acids is 3. The van der Waals surface area contributed by atoms with Crippen LogP contribution in [0.2, 0.25) is 0 Å². The van der Waals surface area contributed by atoms with Gasteiger partial charge in [0.2, 0.25) is 6.29 Å². The minimum Gasteiger partial charge on any atom is -0.857 e. The molecule has 0 bridgehead atoms. The minimum absolute atomic E-state index is 0. The van der Waals surface area contributed by atoms with Gasteiger partial charge in [0.05, 0.1) is 44.2 Å². The van der Waals surface area contributed by atoms with E-state index in [0.717, 1.165) is 20.0 Å². The summed E-state index contributed by atoms with van der Waals surface area (Å²) in [6, 6.07) is 5.33. The Hall–Kier alpha value is -5.85. The molecule has 0 amide bonds. The van der Waals surface area contributed by atoms with Gasteiger partial charge in [-0.15, -0.1) is 0 Å². The molecule has 12 rings (SSSR count). The molecule has 5 aromatic heterocycles. The first-order chi connectivity index (χ1) is 53.6. The Kier molecular flexibility index (Phi) is 43.0. The number of rotatable bonds is 15. The van der Waals surface area contributed by atoms with Crippen molar-refractivity contribution in [1.29, 1.82) is 0 Å². The van der Waals surface area contributed by atoms with Crippen LogP contribution in [0.5, 0.6) is 0 Å². The maximum absolute atomic E-state index is 11.7. The molecule has 20 atom stereocenters. The van der Waals surface area contributed by atoms with Gasteiger partial charge >= 0.3 is 47.5 Å². The first-order valence-electron chi connectivity index (χ1n) is 35.6. The second kappa shape index (κ2) is 47.8. The summed E-state index contributed by atoms with van der Waals surface area (Å²) in [7, 11) is 5.48. The molecule has 0 saturated carbocycles. The summed E-state index contributed by atoms with van der Waals surface area (Å²) in [4.78, 5) is 104. The molecule has 7 saturated heterocycles. The first kappa shape index (κ1) is 103. The predicted octanol–water partition coefficient (Wildman–Crippen LogP) is -1.32. The van der Waals surface area contributed by atoms with Crippen molar-refractivity contribution in [2.24, 2.45) is 17.6 Å². The molecule has 7 fully saturated rings. The number of ether oxygens (including phenoxy) is 14. The van der Waals surface area contributed by atoms with E-state index >= 15 is 0 Å². The molecule has 7 aliphatic rings. The van der Waals surface area contributed by atoms with E-state index in [9.17, 15) is 63.9 Å². The van der Waals surface area contributed by atoms with Gasteiger partial charge in [-0.05, 0) is 123 Å². The number of aromatic amines is 6. The van der Waals surface area contributed by atoms with Crippen molar-refractivity contribution in [3.05, 3.63) is 136 Å². The summed E-state index contributed by atoms with van der Waals surface area (Å²) in [5.41, 5.74) is 3.14. The van der Waals surface area contributed by atoms with Crippen LogP contribution in [-0.4, -0.2) is 248 Å². The fourth-order valence-electron chi connectivity index (χ4n) is 12.2. The number of nitrogens with zero attached hydrogens (tertiary/aromatic N) is 4. The molecule has 14 N–H and O–H groups in total. The molecule has 0 spiro atoms. The number of aliphatic hydroxyl groups excluding tert-OH is 6. The van der Waals surface area contributed by atoms with Crippen LogP contribution in [0.25, 0.3) is 0 Å². The smallest absolute Gasteiger partial charge is 0.857 e. The number of hydrogen-bond donors (Lipinski definition) is 13. The SMILES string of the molecule is CC1(C)OC2[C@@H](CO)O[C@@H](n3cc(CO)c(=O)[nH]c3=S)[C@H]2O1.CC1(C)OC2[C@@H](CO)O[C@@H](n3ccc(=O)[nH]c3=S)[C@H]2O1.CC[C@H]1O[C@@H](OC(C)=O)[C@@H](OC(C)=O)C1C.CC[C@H]1O[C@@H](n2ccc(=O)[nH]c2=S)[C@@H](OC(C)=O)C1C.CN.COC(C)(C)OC.C[O-].O=c1cc[nH]c(=S)[nH]1.O=c1ccn([C@@H]2O[C@H](CO)C(O)[C@@H]2O)c(=S)[nH]1.[Na+]. The number of carbonyl (C=O) groups is 3. The normalized spacial score (nSPS) is 28.5. The van der Waals surface area contributed by atoms with Crippen molar-refractivity contribution in [3.8, 4) is 0 Å². The number of hydrogen-bond acceptors (Lipinski definition) is 35. The summed E-state index contributed by atoms with van der Waals surface area (Å²) in [6.07, 6.45) is -1.36. The molecular formula is C69H106N11NaO29S5. The van der Waals surface area contributed by atoms with Crippen molar-refractivity contribution in [2.45, 2.75) is 237 Å². The number of aromatic nitrogens is 10. The Bertz CT molecular complexity index is 4500. The van der Waals surface area contributed by atoms with E-state index in [0.29, 0.717) is 4.77 Å². The van der Waals surface area contributed by atoms with Gasteiger partial charge in [-0.2, -0.15) is 7.11 Å². The molecule has 12 heterocycles. The van der Waals surface area contributed by atoms with Crippen LogP contribution < -0.4 is 68.2 Å². The standard InChI is InChI=1S/C13H18N2O6S.C13H18N2O4S.C12H16N2O5S.C11H18O5.C9H12N2O5S.C5H12O2.C4H4N2OS.CH5N.CH3O.Na/c1-13(2)20-8-7(5-17)19-11(9(8)21-13)15-3-6(4-16)10(18)14-12(15)22;1-4-9-7(2)11(18-8(3)16)12(19-9)15-6-5-10(17)14-13(15)20;1-12(2)18-8-6(5-15)17-10(9(8)19-12)14-4-3-7(16)13-11(14)20;1-5-9-6(2)10(14-7(3)12)11(16-9)15-8(4)13;12-3-4-6(14)7(15)8(16-4)11-2-1-5(13)10-9(11)17;1-5(2,6-3)7-4;7-3-1-2-5-4(8)6-3;2*1-2;/h3,7-9,11,16-17H,4-5H2,1-2H3,(H,14,18,22);5-7,9,11-12H,4H2,1-3H3,(H,14,17,20);3-4,6,8-10,15H,5H2,1-2H3,(H,13,16,20);6,9-11H,5H2,1-4H3;1-2,4,6-8,12,14-15H,3H2,(H,10,13,17);1-4H3;1-2H,(H2,5,6,7,8);2H2,1H3;1H3;/q;;;;;;;;-1;+1/t7-,8?,9+,11-;7?,9-,11+,12-;6-,8?,9+,10-;6?,9-,10+,11-;4-,6?,7+,8-;;;;;/m11111...../s1. The third-order valence-corrected chi connectivity index (χ3v) is 19.2. The molecule has 0 aromatic carbocycles. The van der Waals surface area contributed by atoms with E-state index in [1.165, 1.54) is 79.8 Å². The van der Waals surface area contributed by atoms with Gasteiger partial charge in [-0.3, -0.25) is 81.5 Å². The van der Waals surface area contributed by atoms with Gasteiger partial charge in [-0.1, -0.05) is 27.7 Å². The van der Waals surface area contributed by atoms with Gasteiger partial charge in [0, 0.05) is 102 Å². The first-order valence-corrected chi connectivity index (χ1v) is 37.6. The number of aliphatic hydroxyl groups is 6. The third-order valence-electron chi connectivity index (χ3n) is 17.7. The average molecular weight is 1740 g/mol. The maximum Gasteiger partial charge on any atom is 1.00 e. The van der Waals surface area contributed by atoms with Crippen LogP contribution in [0.15, 0.2) is 79.2 Å². The van der Waals surface area contributed by atoms with Crippen LogP contribution in [-0.2, 0) is 87.3 Å². The zero-order valence-electron chi connectivity index (χ0n) is 67.0. The van der Waals surface area contributed by atoms with Gasteiger partial charge < -0.3 is 113 Å². The van der Waals surface area contributed by atoms with Crippen molar-refractivity contribution in [2.75, 3.05) is 48.2 Å². The Morgan fingerprint density at radius 1 is 0.522 bits per heavy atom. The second-order valence-electron chi connectivity index (χ2n) is 26.9. The van der Waals surface area contributed by atoms with Crippen LogP contribution in [0.1, 0.15) is 133 Å². The van der Waals surface area contributed by atoms with Crippen molar-refractivity contribution >= 4 is 79.0 Å². The number of nitrogens with two attached hydrogens (primary N) is 1. The van der Waals surface area contributed by atoms with E-state index in [4.69, 9.17) is 125 Å². The number of nitrogens with one attached hydrogen (secondary N) is 6. The van der Waals surface area contributed by atoms with Crippen molar-refractivity contribution < 1.29 is 146 Å². The molecule has 0 aliphatic carbocycles. The third kappa shape index (κ3) is 29.0. The molecule has 7 aliphatic heterocycles. The fourth-order valence-corrected chi connectivity index (χ4v) is 13.4. The minimum atomic E-state index is -1.22. The molecule has 40 nitrogen and oxygen atoms in total. The van der Waals surface area contributed by atoms with E-state index in [1.807, 2.05) is 55.4 Å². The van der Waals surface area contributed by atoms with Crippen molar-refractivity contribution in [3.63, 3.8) is 0 Å². The monoisotopic (exact) mass is 1740 g/mol.